The van der Waals surface area contributed by atoms with Gasteiger partial charge in [-0.05, 0) is 57.7 Å². The van der Waals surface area contributed by atoms with E-state index in [-0.39, 0.29) is 22.5 Å². The van der Waals surface area contributed by atoms with Gasteiger partial charge >= 0.3 is 12.3 Å². The first-order valence-corrected chi connectivity index (χ1v) is 14.5. The summed E-state index contributed by atoms with van der Waals surface area (Å²) in [5.41, 5.74) is 1.34. The van der Waals surface area contributed by atoms with Gasteiger partial charge in [0.05, 0.1) is 24.0 Å². The molecule has 2 aliphatic heterocycles. The molecule has 1 atom stereocenters. The highest BCUT2D eigenvalue weighted by Gasteiger charge is 2.32. The van der Waals surface area contributed by atoms with Gasteiger partial charge in [0.2, 0.25) is 0 Å². The number of nitrogens with zero attached hydrogens (tertiary/aromatic N) is 5. The average molecular weight is 605 g/mol. The predicted molar refractivity (Wildman–Crippen MR) is 151 cm³/mol. The number of nitrogens with one attached hydrogen (secondary N) is 1. The van der Waals surface area contributed by atoms with E-state index in [1.807, 2.05) is 4.90 Å². The summed E-state index contributed by atoms with van der Waals surface area (Å²) in [6, 6.07) is 4.92. The molecule has 0 aliphatic carbocycles. The first-order chi connectivity index (χ1) is 20.0. The predicted octanol–water partition coefficient (Wildman–Crippen LogP) is 5.34. The standard InChI is InChI=1S/C28H31F3N6O4S/c1-16-5-6-19(12-21(16)41-28(29,30)31)24-22(15-37-9-3-4-17(37)2)42-27(34-24)35-25(38)20-13-33-23(14-32-20)36-10-7-18(8-11-36)26(39)40/h5-6,12-14,17-18H,3-4,7-11,15H2,1-2H3,(H,39,40)(H,34,35,38). The molecule has 2 saturated heterocycles. The molecule has 1 unspecified atom stereocenters. The Morgan fingerprint density at radius 1 is 1.14 bits per heavy atom. The van der Waals surface area contributed by atoms with Crippen molar-refractivity contribution in [2.24, 2.45) is 5.92 Å². The Balaban J connectivity index is 1.35. The number of carboxylic acid groups (broad SMARTS) is 1. The Morgan fingerprint density at radius 3 is 2.52 bits per heavy atom. The van der Waals surface area contributed by atoms with E-state index in [0.29, 0.717) is 61.2 Å². The number of hydrogen-bond acceptors (Lipinski definition) is 9. The number of halogens is 3. The van der Waals surface area contributed by atoms with Crippen LogP contribution in [0.3, 0.4) is 0 Å². The van der Waals surface area contributed by atoms with Crippen LogP contribution in [-0.2, 0) is 11.3 Å². The molecule has 0 bridgehead atoms. The van der Waals surface area contributed by atoms with E-state index in [9.17, 15) is 27.9 Å². The van der Waals surface area contributed by atoms with Gasteiger partial charge in [0.15, 0.2) is 5.13 Å². The van der Waals surface area contributed by atoms with Gasteiger partial charge in [-0.25, -0.2) is 15.0 Å². The zero-order valence-corrected chi connectivity index (χ0v) is 24.0. The summed E-state index contributed by atoms with van der Waals surface area (Å²) in [7, 11) is 0. The van der Waals surface area contributed by atoms with Crippen LogP contribution in [0.4, 0.5) is 24.1 Å². The number of carboxylic acids is 1. The third-order valence-electron chi connectivity index (χ3n) is 7.68. The molecule has 42 heavy (non-hydrogen) atoms. The van der Waals surface area contributed by atoms with Crippen LogP contribution < -0.4 is 15.0 Å². The van der Waals surface area contributed by atoms with Crippen LogP contribution in [0.5, 0.6) is 5.75 Å². The summed E-state index contributed by atoms with van der Waals surface area (Å²) in [5, 5.41) is 12.3. The number of piperidine rings is 1. The summed E-state index contributed by atoms with van der Waals surface area (Å²) in [5.74, 6) is -1.44. The van der Waals surface area contributed by atoms with Crippen molar-refractivity contribution in [1.29, 1.82) is 0 Å². The molecular formula is C28H31F3N6O4S. The maximum atomic E-state index is 13.0. The van der Waals surface area contributed by atoms with Crippen molar-refractivity contribution in [3.8, 4) is 17.0 Å². The van der Waals surface area contributed by atoms with Crippen molar-refractivity contribution in [3.63, 3.8) is 0 Å². The topological polar surface area (TPSA) is 121 Å². The first kappa shape index (κ1) is 29.7. The number of likely N-dealkylation sites (tertiary alicyclic amines) is 1. The van der Waals surface area contributed by atoms with E-state index >= 15 is 0 Å². The molecule has 0 spiro atoms. The van der Waals surface area contributed by atoms with Crippen molar-refractivity contribution >= 4 is 34.2 Å². The molecule has 0 saturated carbocycles. The molecule has 5 rings (SSSR count). The number of alkyl halides is 3. The highest BCUT2D eigenvalue weighted by atomic mass is 32.1. The number of aliphatic carboxylic acids is 1. The minimum atomic E-state index is -4.83. The Morgan fingerprint density at radius 2 is 1.90 bits per heavy atom. The number of thiazole rings is 1. The largest absolute Gasteiger partial charge is 0.573 e. The fraction of sp³-hybridized carbons (Fsp3) is 0.464. The maximum absolute atomic E-state index is 13.0. The second kappa shape index (κ2) is 12.2. The van der Waals surface area contributed by atoms with Crippen molar-refractivity contribution in [3.05, 3.63) is 46.7 Å². The fourth-order valence-electron chi connectivity index (χ4n) is 5.25. The number of amides is 1. The van der Waals surface area contributed by atoms with Crippen LogP contribution >= 0.6 is 11.3 Å². The minimum absolute atomic E-state index is 0.0711. The molecule has 2 aromatic heterocycles. The van der Waals surface area contributed by atoms with Crippen molar-refractivity contribution in [1.82, 2.24) is 19.9 Å². The van der Waals surface area contributed by atoms with Crippen LogP contribution in [0, 0.1) is 12.8 Å². The van der Waals surface area contributed by atoms with E-state index in [4.69, 9.17) is 0 Å². The molecule has 1 amide bonds. The monoisotopic (exact) mass is 604 g/mol. The Hall–Kier alpha value is -3.78. The summed E-state index contributed by atoms with van der Waals surface area (Å²) in [6.45, 7) is 6.17. The summed E-state index contributed by atoms with van der Waals surface area (Å²) in [6.07, 6.45) is 1.14. The number of hydrogen-bond donors (Lipinski definition) is 2. The van der Waals surface area contributed by atoms with E-state index in [1.54, 1.807) is 12.1 Å². The number of anilines is 2. The van der Waals surface area contributed by atoms with Gasteiger partial charge in [0.25, 0.3) is 5.91 Å². The van der Waals surface area contributed by atoms with Gasteiger partial charge in [-0.1, -0.05) is 23.5 Å². The van der Waals surface area contributed by atoms with Gasteiger partial charge in [0, 0.05) is 36.1 Å². The number of ether oxygens (including phenoxy) is 1. The highest BCUT2D eigenvalue weighted by molar-refractivity contribution is 7.16. The molecule has 14 heteroatoms. The SMILES string of the molecule is Cc1ccc(-c2nc(NC(=O)c3cnc(N4CCC(C(=O)O)CC4)cn3)sc2CN2CCCC2C)cc1OC(F)(F)F. The number of aromatic nitrogens is 3. The lowest BCUT2D eigenvalue weighted by Gasteiger charge is -2.30. The van der Waals surface area contributed by atoms with Crippen LogP contribution in [0.2, 0.25) is 0 Å². The van der Waals surface area contributed by atoms with Gasteiger partial charge < -0.3 is 14.7 Å². The summed E-state index contributed by atoms with van der Waals surface area (Å²) in [4.78, 5) is 42.5. The van der Waals surface area contributed by atoms with Gasteiger partial charge in [-0.15, -0.1) is 13.2 Å². The van der Waals surface area contributed by atoms with E-state index in [1.165, 1.54) is 36.7 Å². The van der Waals surface area contributed by atoms with Crippen LogP contribution in [0.1, 0.15) is 53.5 Å². The normalized spacial score (nSPS) is 18.3. The number of aryl methyl sites for hydroxylation is 1. The van der Waals surface area contributed by atoms with Crippen LogP contribution in [0.25, 0.3) is 11.3 Å². The smallest absolute Gasteiger partial charge is 0.481 e. The number of benzene rings is 1. The molecule has 2 fully saturated rings. The second-order valence-corrected chi connectivity index (χ2v) is 11.7. The van der Waals surface area contributed by atoms with Gasteiger partial charge in [-0.2, -0.15) is 0 Å². The molecule has 224 valence electrons. The minimum Gasteiger partial charge on any atom is -0.481 e. The van der Waals surface area contributed by atoms with Crippen molar-refractivity contribution in [2.45, 2.75) is 58.5 Å². The van der Waals surface area contributed by atoms with Crippen molar-refractivity contribution < 1.29 is 32.6 Å². The molecule has 10 nitrogen and oxygen atoms in total. The van der Waals surface area contributed by atoms with E-state index in [2.05, 4.69) is 36.8 Å². The molecular weight excluding hydrogens is 573 g/mol. The first-order valence-electron chi connectivity index (χ1n) is 13.7. The Bertz CT molecular complexity index is 1440. The third-order valence-corrected chi connectivity index (χ3v) is 8.64. The average Bonchev–Trinajstić information content (AvgIpc) is 3.54. The fourth-order valence-corrected chi connectivity index (χ4v) is 6.26. The van der Waals surface area contributed by atoms with Gasteiger partial charge in [0.1, 0.15) is 17.3 Å². The Kier molecular flexibility index (Phi) is 8.64. The Labute approximate surface area is 244 Å². The molecule has 2 aliphatic rings. The van der Waals surface area contributed by atoms with Crippen LogP contribution in [0.15, 0.2) is 30.6 Å². The molecule has 2 N–H and O–H groups in total. The van der Waals surface area contributed by atoms with Crippen LogP contribution in [-0.4, -0.2) is 68.9 Å². The molecule has 4 heterocycles. The number of carbonyl (C=O) groups is 2. The molecule has 3 aromatic rings. The number of carbonyl (C=O) groups excluding carboxylic acids is 1. The highest BCUT2D eigenvalue weighted by Crippen LogP contribution is 2.37. The quantitative estimate of drug-likeness (QED) is 0.351. The second-order valence-electron chi connectivity index (χ2n) is 10.6. The number of rotatable bonds is 8. The lowest BCUT2D eigenvalue weighted by Crippen LogP contribution is -2.36. The summed E-state index contributed by atoms with van der Waals surface area (Å²) < 4.78 is 43.3. The summed E-state index contributed by atoms with van der Waals surface area (Å²) >= 11 is 1.27. The molecule has 1 aromatic carbocycles. The van der Waals surface area contributed by atoms with Gasteiger partial charge in [-0.3, -0.25) is 19.8 Å². The lowest BCUT2D eigenvalue weighted by molar-refractivity contribution is -0.274. The van der Waals surface area contributed by atoms with E-state index < -0.39 is 18.2 Å². The zero-order valence-electron chi connectivity index (χ0n) is 23.1. The maximum Gasteiger partial charge on any atom is 0.573 e. The van der Waals surface area contributed by atoms with E-state index in [0.717, 1.165) is 24.3 Å². The zero-order chi connectivity index (χ0) is 30.0. The molecule has 0 radical (unpaired) electrons. The van der Waals surface area contributed by atoms with Crippen molar-refractivity contribution in [2.75, 3.05) is 29.9 Å². The lowest BCUT2D eigenvalue weighted by atomic mass is 9.97. The third kappa shape index (κ3) is 6.98.